The molecule has 0 saturated carbocycles. The standard InChI is InChI=1S/C21H19N3O2S/c1-2-3-6-15-20(27(25,26)18-13-9-5-10-14-18)21-23-19(16-22-24-21)17-11-7-4-8-12-17/h1,4-5,7-14,16,20H,3,6,15H2. The van der Waals surface area contributed by atoms with Crippen LogP contribution in [0.25, 0.3) is 11.3 Å². The fourth-order valence-electron chi connectivity index (χ4n) is 2.79. The second-order valence-corrected chi connectivity index (χ2v) is 8.14. The number of aromatic nitrogens is 3. The molecule has 0 aliphatic rings. The predicted octanol–water partition coefficient (Wildman–Crippen LogP) is 3.86. The molecule has 2 aromatic carbocycles. The second-order valence-electron chi connectivity index (χ2n) is 6.01. The molecule has 0 aliphatic carbocycles. The van der Waals surface area contributed by atoms with E-state index in [1.807, 2.05) is 30.3 Å². The minimum Gasteiger partial charge on any atom is -0.228 e. The summed E-state index contributed by atoms with van der Waals surface area (Å²) in [4.78, 5) is 4.75. The molecular formula is C21H19N3O2S. The first-order valence-corrected chi connectivity index (χ1v) is 10.1. The SMILES string of the molecule is C#CCCCC(c1nncc(-c2ccccc2)n1)S(=O)(=O)c1ccccc1. The third kappa shape index (κ3) is 4.39. The number of sulfone groups is 1. The van der Waals surface area contributed by atoms with Gasteiger partial charge in [-0.15, -0.1) is 17.4 Å². The van der Waals surface area contributed by atoms with Gasteiger partial charge in [-0.2, -0.15) is 5.10 Å². The third-order valence-corrected chi connectivity index (χ3v) is 6.29. The lowest BCUT2D eigenvalue weighted by Crippen LogP contribution is -2.17. The summed E-state index contributed by atoms with van der Waals surface area (Å²) in [5.74, 6) is 2.74. The van der Waals surface area contributed by atoms with Crippen LogP contribution in [0.3, 0.4) is 0 Å². The largest absolute Gasteiger partial charge is 0.228 e. The zero-order chi connectivity index (χ0) is 19.1. The van der Waals surface area contributed by atoms with Crippen molar-refractivity contribution in [2.75, 3.05) is 0 Å². The van der Waals surface area contributed by atoms with E-state index in [-0.39, 0.29) is 10.7 Å². The summed E-state index contributed by atoms with van der Waals surface area (Å²) >= 11 is 0. The number of terminal acetylenes is 1. The molecule has 1 heterocycles. The normalized spacial score (nSPS) is 12.3. The van der Waals surface area contributed by atoms with Crippen LogP contribution in [0.5, 0.6) is 0 Å². The maximum atomic E-state index is 13.2. The lowest BCUT2D eigenvalue weighted by molar-refractivity contribution is 0.562. The van der Waals surface area contributed by atoms with Gasteiger partial charge in [0, 0.05) is 12.0 Å². The third-order valence-electron chi connectivity index (χ3n) is 4.17. The highest BCUT2D eigenvalue weighted by Gasteiger charge is 2.31. The predicted molar refractivity (Wildman–Crippen MR) is 104 cm³/mol. The molecule has 6 heteroatoms. The first-order chi connectivity index (χ1) is 13.1. The first-order valence-electron chi connectivity index (χ1n) is 8.60. The van der Waals surface area contributed by atoms with Crippen LogP contribution in [-0.2, 0) is 9.84 Å². The Kier molecular flexibility index (Phi) is 5.94. The van der Waals surface area contributed by atoms with Crippen LogP contribution in [0.15, 0.2) is 71.8 Å². The minimum atomic E-state index is -3.67. The molecule has 0 saturated heterocycles. The van der Waals surface area contributed by atoms with Gasteiger partial charge in [-0.3, -0.25) is 0 Å². The summed E-state index contributed by atoms with van der Waals surface area (Å²) in [5, 5.41) is 7.15. The van der Waals surface area contributed by atoms with Crippen molar-refractivity contribution in [2.24, 2.45) is 0 Å². The van der Waals surface area contributed by atoms with Gasteiger partial charge >= 0.3 is 0 Å². The molecule has 1 atom stereocenters. The maximum absolute atomic E-state index is 13.2. The summed E-state index contributed by atoms with van der Waals surface area (Å²) in [6.45, 7) is 0. The van der Waals surface area contributed by atoms with Gasteiger partial charge in [0.15, 0.2) is 15.7 Å². The van der Waals surface area contributed by atoms with Crippen LogP contribution in [0, 0.1) is 12.3 Å². The lowest BCUT2D eigenvalue weighted by Gasteiger charge is -2.16. The summed E-state index contributed by atoms with van der Waals surface area (Å²) in [6.07, 6.45) is 8.25. The Morgan fingerprint density at radius 3 is 2.33 bits per heavy atom. The van der Waals surface area contributed by atoms with E-state index < -0.39 is 15.1 Å². The second kappa shape index (κ2) is 8.56. The molecule has 0 spiro atoms. The summed E-state index contributed by atoms with van der Waals surface area (Å²) in [5.41, 5.74) is 1.44. The monoisotopic (exact) mass is 377 g/mol. The number of benzene rings is 2. The highest BCUT2D eigenvalue weighted by atomic mass is 32.2. The van der Waals surface area contributed by atoms with Gasteiger partial charge in [0.25, 0.3) is 0 Å². The molecule has 3 aromatic rings. The minimum absolute atomic E-state index is 0.192. The van der Waals surface area contributed by atoms with Crippen molar-refractivity contribution >= 4 is 9.84 Å². The van der Waals surface area contributed by atoms with E-state index in [0.29, 0.717) is 25.0 Å². The van der Waals surface area contributed by atoms with Crippen LogP contribution in [0.1, 0.15) is 30.3 Å². The van der Waals surface area contributed by atoms with Crippen molar-refractivity contribution in [3.63, 3.8) is 0 Å². The van der Waals surface area contributed by atoms with Crippen LogP contribution in [0.4, 0.5) is 0 Å². The van der Waals surface area contributed by atoms with Crippen molar-refractivity contribution in [3.8, 4) is 23.6 Å². The Balaban J connectivity index is 2.03. The number of rotatable bonds is 7. The van der Waals surface area contributed by atoms with Crippen molar-refractivity contribution < 1.29 is 8.42 Å². The maximum Gasteiger partial charge on any atom is 0.188 e. The fraction of sp³-hybridized carbons (Fsp3) is 0.190. The molecule has 0 bridgehead atoms. The smallest absolute Gasteiger partial charge is 0.188 e. The van der Waals surface area contributed by atoms with E-state index >= 15 is 0 Å². The highest BCUT2D eigenvalue weighted by molar-refractivity contribution is 7.91. The van der Waals surface area contributed by atoms with Crippen LogP contribution in [0.2, 0.25) is 0 Å². The quantitative estimate of drug-likeness (QED) is 0.462. The zero-order valence-electron chi connectivity index (χ0n) is 14.7. The lowest BCUT2D eigenvalue weighted by atomic mass is 10.1. The van der Waals surface area contributed by atoms with Gasteiger partial charge in [-0.1, -0.05) is 48.5 Å². The molecule has 0 N–H and O–H groups in total. The number of hydrogen-bond donors (Lipinski definition) is 0. The van der Waals surface area contributed by atoms with E-state index in [1.54, 1.807) is 30.3 Å². The van der Waals surface area contributed by atoms with Gasteiger partial charge < -0.3 is 0 Å². The van der Waals surface area contributed by atoms with E-state index in [1.165, 1.54) is 6.20 Å². The molecule has 1 aromatic heterocycles. The molecule has 136 valence electrons. The average Bonchev–Trinajstić information content (AvgIpc) is 2.72. The summed E-state index contributed by atoms with van der Waals surface area (Å²) < 4.78 is 26.4. The van der Waals surface area contributed by atoms with Crippen molar-refractivity contribution in [2.45, 2.75) is 29.4 Å². The van der Waals surface area contributed by atoms with E-state index in [2.05, 4.69) is 21.1 Å². The fourth-order valence-corrected chi connectivity index (χ4v) is 4.51. The van der Waals surface area contributed by atoms with Gasteiger partial charge in [-0.25, -0.2) is 13.4 Å². The Bertz CT molecular complexity index is 1030. The first kappa shape index (κ1) is 18.7. The van der Waals surface area contributed by atoms with Crippen LogP contribution in [-0.4, -0.2) is 23.6 Å². The molecule has 5 nitrogen and oxygen atoms in total. The molecule has 0 radical (unpaired) electrons. The topological polar surface area (TPSA) is 72.8 Å². The Hall–Kier alpha value is -3.04. The molecule has 0 amide bonds. The number of unbranched alkanes of at least 4 members (excludes halogenated alkanes) is 1. The molecule has 0 fully saturated rings. The van der Waals surface area contributed by atoms with Crippen molar-refractivity contribution in [1.29, 1.82) is 0 Å². The Morgan fingerprint density at radius 1 is 1.00 bits per heavy atom. The van der Waals surface area contributed by atoms with Crippen molar-refractivity contribution in [1.82, 2.24) is 15.2 Å². The van der Waals surface area contributed by atoms with Gasteiger partial charge in [-0.05, 0) is 25.0 Å². The Morgan fingerprint density at radius 2 is 1.67 bits per heavy atom. The summed E-state index contributed by atoms with van der Waals surface area (Å²) in [7, 11) is -3.67. The number of nitrogens with zero attached hydrogens (tertiary/aromatic N) is 3. The zero-order valence-corrected chi connectivity index (χ0v) is 15.5. The van der Waals surface area contributed by atoms with E-state index in [9.17, 15) is 8.42 Å². The average molecular weight is 377 g/mol. The Labute approximate surface area is 159 Å². The molecular weight excluding hydrogens is 358 g/mol. The van der Waals surface area contributed by atoms with E-state index in [4.69, 9.17) is 6.42 Å². The highest BCUT2D eigenvalue weighted by Crippen LogP contribution is 2.31. The van der Waals surface area contributed by atoms with Gasteiger partial charge in [0.2, 0.25) is 0 Å². The van der Waals surface area contributed by atoms with Crippen LogP contribution >= 0.6 is 0 Å². The number of hydrogen-bond acceptors (Lipinski definition) is 5. The van der Waals surface area contributed by atoms with E-state index in [0.717, 1.165) is 5.56 Å². The molecule has 0 aliphatic heterocycles. The summed E-state index contributed by atoms with van der Waals surface area (Å²) in [6, 6.07) is 17.8. The van der Waals surface area contributed by atoms with Gasteiger partial charge in [0.05, 0.1) is 16.8 Å². The molecule has 1 unspecified atom stereocenters. The molecule has 27 heavy (non-hydrogen) atoms. The van der Waals surface area contributed by atoms with Gasteiger partial charge in [0.1, 0.15) is 5.25 Å². The van der Waals surface area contributed by atoms with Crippen molar-refractivity contribution in [3.05, 3.63) is 72.7 Å². The molecule has 3 rings (SSSR count). The van der Waals surface area contributed by atoms with Crippen LogP contribution < -0.4 is 0 Å².